The number of sulfonamides is 1. The van der Waals surface area contributed by atoms with Crippen molar-refractivity contribution in [1.82, 2.24) is 9.71 Å². The van der Waals surface area contributed by atoms with Crippen molar-refractivity contribution in [2.45, 2.75) is 25.7 Å². The number of hydrogen-bond donors (Lipinski definition) is 2. The highest BCUT2D eigenvalue weighted by atomic mass is 35.5. The molecule has 0 saturated heterocycles. The van der Waals surface area contributed by atoms with E-state index in [1.54, 1.807) is 6.20 Å². The highest BCUT2D eigenvalue weighted by Gasteiger charge is 2.23. The summed E-state index contributed by atoms with van der Waals surface area (Å²) in [5, 5.41) is 2.99. The van der Waals surface area contributed by atoms with Crippen LogP contribution in [0.2, 0.25) is 10.0 Å². The van der Waals surface area contributed by atoms with Crippen molar-refractivity contribution in [2.24, 2.45) is 5.92 Å². The molecule has 0 aliphatic rings. The topological polar surface area (TPSA) is 88.2 Å². The lowest BCUT2D eigenvalue weighted by molar-refractivity contribution is 0.102. The zero-order valence-electron chi connectivity index (χ0n) is 13.8. The summed E-state index contributed by atoms with van der Waals surface area (Å²) in [7, 11) is -3.86. The van der Waals surface area contributed by atoms with E-state index in [4.69, 9.17) is 23.2 Å². The van der Waals surface area contributed by atoms with E-state index < -0.39 is 15.9 Å². The first kappa shape index (κ1) is 20.1. The molecule has 0 saturated carbocycles. The van der Waals surface area contributed by atoms with Gasteiger partial charge in [0, 0.05) is 17.6 Å². The Morgan fingerprint density at radius 1 is 1.28 bits per heavy atom. The standard InChI is InChI=1S/C15H17Cl2N3O3S2/c1-8(2)6-19-25(22,23)13-4-10(11(16)5-12(13)17)14(21)20-15-18-7-9(3)24-15/h4-5,7-8,19H,6H2,1-3H3,(H,18,20,21). The van der Waals surface area contributed by atoms with Gasteiger partial charge >= 0.3 is 0 Å². The van der Waals surface area contributed by atoms with Gasteiger partial charge in [0.2, 0.25) is 10.0 Å². The summed E-state index contributed by atoms with van der Waals surface area (Å²) in [6.45, 7) is 5.86. The van der Waals surface area contributed by atoms with E-state index in [1.807, 2.05) is 20.8 Å². The van der Waals surface area contributed by atoms with E-state index in [-0.39, 0.29) is 33.0 Å². The normalized spacial score (nSPS) is 11.8. The zero-order chi connectivity index (χ0) is 18.8. The highest BCUT2D eigenvalue weighted by Crippen LogP contribution is 2.29. The summed E-state index contributed by atoms with van der Waals surface area (Å²) in [5.74, 6) is -0.437. The molecule has 0 bridgehead atoms. The van der Waals surface area contributed by atoms with Crippen LogP contribution in [0.1, 0.15) is 29.1 Å². The number of anilines is 1. The average Bonchev–Trinajstić information content (AvgIpc) is 2.90. The molecule has 0 fully saturated rings. The first-order valence-electron chi connectivity index (χ1n) is 7.32. The lowest BCUT2D eigenvalue weighted by Crippen LogP contribution is -2.28. The van der Waals surface area contributed by atoms with Gasteiger partial charge in [-0.3, -0.25) is 10.1 Å². The molecular formula is C15H17Cl2N3O3S2. The Labute approximate surface area is 160 Å². The molecular weight excluding hydrogens is 405 g/mol. The molecule has 0 unspecified atom stereocenters. The zero-order valence-corrected chi connectivity index (χ0v) is 16.9. The third kappa shape index (κ3) is 5.15. The van der Waals surface area contributed by atoms with Gasteiger partial charge in [-0.25, -0.2) is 18.1 Å². The molecule has 2 N–H and O–H groups in total. The summed E-state index contributed by atoms with van der Waals surface area (Å²) in [5.41, 5.74) is 0.00356. The Morgan fingerprint density at radius 3 is 2.52 bits per heavy atom. The van der Waals surface area contributed by atoms with Crippen molar-refractivity contribution in [1.29, 1.82) is 0 Å². The minimum atomic E-state index is -3.86. The molecule has 25 heavy (non-hydrogen) atoms. The van der Waals surface area contributed by atoms with Crippen LogP contribution >= 0.6 is 34.5 Å². The molecule has 1 amide bonds. The van der Waals surface area contributed by atoms with E-state index in [2.05, 4.69) is 15.0 Å². The molecule has 0 aliphatic carbocycles. The van der Waals surface area contributed by atoms with Crippen molar-refractivity contribution in [3.63, 3.8) is 0 Å². The molecule has 1 aromatic heterocycles. The quantitative estimate of drug-likeness (QED) is 0.738. The van der Waals surface area contributed by atoms with Crippen LogP contribution in [0.25, 0.3) is 0 Å². The van der Waals surface area contributed by atoms with Crippen LogP contribution in [-0.4, -0.2) is 25.9 Å². The fourth-order valence-corrected chi connectivity index (χ4v) is 4.57. The Balaban J connectivity index is 2.35. The Hall–Kier alpha value is -1.19. The van der Waals surface area contributed by atoms with E-state index in [1.165, 1.54) is 23.5 Å². The van der Waals surface area contributed by atoms with Crippen molar-refractivity contribution in [2.75, 3.05) is 11.9 Å². The number of nitrogens with one attached hydrogen (secondary N) is 2. The molecule has 1 heterocycles. The van der Waals surface area contributed by atoms with Crippen molar-refractivity contribution in [3.05, 3.63) is 38.8 Å². The lowest BCUT2D eigenvalue weighted by Gasteiger charge is -2.12. The maximum absolute atomic E-state index is 12.4. The van der Waals surface area contributed by atoms with Gasteiger partial charge in [-0.15, -0.1) is 11.3 Å². The number of thiazole rings is 1. The number of nitrogens with zero attached hydrogens (tertiary/aromatic N) is 1. The minimum absolute atomic E-state index is 0.00356. The van der Waals surface area contributed by atoms with Crippen molar-refractivity contribution < 1.29 is 13.2 Å². The molecule has 0 atom stereocenters. The third-order valence-corrected chi connectivity index (χ3v) is 6.11. The predicted molar refractivity (Wildman–Crippen MR) is 101 cm³/mol. The fraction of sp³-hybridized carbons (Fsp3) is 0.333. The van der Waals surface area contributed by atoms with Crippen LogP contribution in [0.3, 0.4) is 0 Å². The second-order valence-corrected chi connectivity index (χ2v) is 9.52. The molecule has 6 nitrogen and oxygen atoms in total. The van der Waals surface area contributed by atoms with Gasteiger partial charge in [-0.05, 0) is 25.0 Å². The highest BCUT2D eigenvalue weighted by molar-refractivity contribution is 7.89. The minimum Gasteiger partial charge on any atom is -0.298 e. The predicted octanol–water partition coefficient (Wildman–Crippen LogP) is 3.94. The van der Waals surface area contributed by atoms with Gasteiger partial charge < -0.3 is 0 Å². The van der Waals surface area contributed by atoms with E-state index in [0.29, 0.717) is 5.13 Å². The van der Waals surface area contributed by atoms with Crippen LogP contribution in [-0.2, 0) is 10.0 Å². The smallest absolute Gasteiger partial charge is 0.259 e. The van der Waals surface area contributed by atoms with Crippen molar-refractivity contribution in [3.8, 4) is 0 Å². The second-order valence-electron chi connectivity index (χ2n) is 5.74. The molecule has 2 aromatic rings. The Kier molecular flexibility index (Phi) is 6.45. The van der Waals surface area contributed by atoms with Crippen LogP contribution in [0.4, 0.5) is 5.13 Å². The maximum atomic E-state index is 12.4. The Morgan fingerprint density at radius 2 is 1.96 bits per heavy atom. The number of carbonyl (C=O) groups excluding carboxylic acids is 1. The second kappa shape index (κ2) is 8.01. The third-order valence-electron chi connectivity index (χ3n) is 3.08. The number of benzene rings is 1. The van der Waals surface area contributed by atoms with Crippen LogP contribution in [0.5, 0.6) is 0 Å². The summed E-state index contributed by atoms with van der Waals surface area (Å²) in [6.07, 6.45) is 1.62. The van der Waals surface area contributed by atoms with Gasteiger partial charge in [0.1, 0.15) is 4.90 Å². The average molecular weight is 422 g/mol. The number of carbonyl (C=O) groups is 1. The van der Waals surface area contributed by atoms with E-state index >= 15 is 0 Å². The van der Waals surface area contributed by atoms with E-state index in [0.717, 1.165) is 4.88 Å². The van der Waals surface area contributed by atoms with Gasteiger partial charge in [0.05, 0.1) is 15.6 Å². The fourth-order valence-electron chi connectivity index (χ4n) is 1.84. The largest absolute Gasteiger partial charge is 0.298 e. The van der Waals surface area contributed by atoms with Crippen LogP contribution in [0.15, 0.2) is 23.2 Å². The summed E-state index contributed by atoms with van der Waals surface area (Å²) in [4.78, 5) is 17.2. The van der Waals surface area contributed by atoms with Crippen LogP contribution < -0.4 is 10.0 Å². The molecule has 0 radical (unpaired) electrons. The number of hydrogen-bond acceptors (Lipinski definition) is 5. The van der Waals surface area contributed by atoms with Gasteiger partial charge in [-0.2, -0.15) is 0 Å². The summed E-state index contributed by atoms with van der Waals surface area (Å²) >= 11 is 13.4. The summed E-state index contributed by atoms with van der Waals surface area (Å²) < 4.78 is 27.3. The monoisotopic (exact) mass is 421 g/mol. The van der Waals surface area contributed by atoms with Gasteiger partial charge in [0.25, 0.3) is 5.91 Å². The molecule has 10 heteroatoms. The SMILES string of the molecule is Cc1cnc(NC(=O)c2cc(S(=O)(=O)NCC(C)C)c(Cl)cc2Cl)s1. The van der Waals surface area contributed by atoms with E-state index in [9.17, 15) is 13.2 Å². The first-order chi connectivity index (χ1) is 11.6. The van der Waals surface area contributed by atoms with Crippen molar-refractivity contribution >= 4 is 55.6 Å². The van der Waals surface area contributed by atoms with Gasteiger partial charge in [0.15, 0.2) is 5.13 Å². The molecule has 0 aliphatic heterocycles. The lowest BCUT2D eigenvalue weighted by atomic mass is 10.2. The number of amides is 1. The number of halogens is 2. The molecule has 2 rings (SSSR count). The number of aryl methyl sites for hydroxylation is 1. The number of rotatable bonds is 6. The Bertz CT molecular complexity index is 895. The summed E-state index contributed by atoms with van der Waals surface area (Å²) in [6, 6.07) is 2.41. The molecule has 136 valence electrons. The molecule has 1 aromatic carbocycles. The number of aromatic nitrogens is 1. The molecule has 0 spiro atoms. The first-order valence-corrected chi connectivity index (χ1v) is 10.4. The maximum Gasteiger partial charge on any atom is 0.259 e. The van der Waals surface area contributed by atoms with Crippen LogP contribution in [0, 0.1) is 12.8 Å². The van der Waals surface area contributed by atoms with Gasteiger partial charge in [-0.1, -0.05) is 37.0 Å².